The molecule has 1 spiro atoms. The number of aromatic nitrogens is 5. The van der Waals surface area contributed by atoms with E-state index in [0.29, 0.717) is 17.9 Å². The molecule has 1 aliphatic carbocycles. The van der Waals surface area contributed by atoms with E-state index in [1.165, 1.54) is 4.90 Å². The van der Waals surface area contributed by atoms with Crippen molar-refractivity contribution in [2.45, 2.75) is 45.2 Å². The highest BCUT2D eigenvalue weighted by molar-refractivity contribution is 5.92. The summed E-state index contributed by atoms with van der Waals surface area (Å²) < 4.78 is 3.61. The van der Waals surface area contributed by atoms with Crippen LogP contribution in [0, 0.1) is 5.41 Å². The van der Waals surface area contributed by atoms with Crippen molar-refractivity contribution in [3.8, 4) is 0 Å². The number of hydrogen-bond donors (Lipinski definition) is 0. The molecule has 2 aromatic heterocycles. The Labute approximate surface area is 164 Å². The van der Waals surface area contributed by atoms with Crippen LogP contribution >= 0.6 is 0 Å². The molecule has 28 heavy (non-hydrogen) atoms. The van der Waals surface area contributed by atoms with E-state index < -0.39 is 0 Å². The fourth-order valence-electron chi connectivity index (χ4n) is 4.52. The van der Waals surface area contributed by atoms with Crippen molar-refractivity contribution >= 4 is 11.8 Å². The molecular formula is C19H27N7O2. The fraction of sp³-hybridized carbons (Fsp3) is 0.632. The summed E-state index contributed by atoms with van der Waals surface area (Å²) in [5.41, 5.74) is 1.19. The number of likely N-dealkylation sites (tertiary alicyclic amines) is 1. The van der Waals surface area contributed by atoms with Gasteiger partial charge in [0.15, 0.2) is 5.69 Å². The van der Waals surface area contributed by atoms with E-state index in [-0.39, 0.29) is 23.3 Å². The lowest BCUT2D eigenvalue weighted by Crippen LogP contribution is -2.51. The van der Waals surface area contributed by atoms with Gasteiger partial charge in [0, 0.05) is 39.9 Å². The minimum atomic E-state index is -0.132. The van der Waals surface area contributed by atoms with Crippen LogP contribution in [0.15, 0.2) is 18.5 Å². The number of carbonyl (C=O) groups is 2. The highest BCUT2D eigenvalue weighted by atomic mass is 16.2. The fourth-order valence-corrected chi connectivity index (χ4v) is 4.52. The predicted octanol–water partition coefficient (Wildman–Crippen LogP) is 1.45. The first-order valence-corrected chi connectivity index (χ1v) is 9.90. The second-order valence-corrected chi connectivity index (χ2v) is 8.02. The Kier molecular flexibility index (Phi) is 4.68. The molecule has 1 atom stereocenters. The molecule has 2 aliphatic rings. The molecule has 1 aliphatic heterocycles. The SMILES string of the molecule is CCn1nccc1C(=O)N1CCC2(CCC2n2cc(C(=O)N(C)C)nn2)CC1. The average molecular weight is 385 g/mol. The quantitative estimate of drug-likeness (QED) is 0.795. The summed E-state index contributed by atoms with van der Waals surface area (Å²) in [5, 5.41) is 12.5. The number of amides is 2. The lowest BCUT2D eigenvalue weighted by Gasteiger charge is -2.53. The molecule has 0 radical (unpaired) electrons. The van der Waals surface area contributed by atoms with Crippen molar-refractivity contribution in [3.63, 3.8) is 0 Å². The third kappa shape index (κ3) is 2.98. The van der Waals surface area contributed by atoms with Gasteiger partial charge in [-0.25, -0.2) is 4.68 Å². The third-order valence-electron chi connectivity index (χ3n) is 6.36. The van der Waals surface area contributed by atoms with Gasteiger partial charge in [0.25, 0.3) is 11.8 Å². The Morgan fingerprint density at radius 3 is 2.61 bits per heavy atom. The van der Waals surface area contributed by atoms with Crippen LogP contribution in [-0.2, 0) is 6.54 Å². The number of piperidine rings is 1. The smallest absolute Gasteiger partial charge is 0.275 e. The Bertz CT molecular complexity index is 876. The van der Waals surface area contributed by atoms with Gasteiger partial charge in [-0.05, 0) is 44.1 Å². The summed E-state index contributed by atoms with van der Waals surface area (Å²) in [7, 11) is 3.42. The van der Waals surface area contributed by atoms with E-state index in [4.69, 9.17) is 0 Å². The second-order valence-electron chi connectivity index (χ2n) is 8.02. The van der Waals surface area contributed by atoms with Crippen LogP contribution in [0.1, 0.15) is 59.6 Å². The molecule has 0 aromatic carbocycles. The van der Waals surface area contributed by atoms with E-state index in [1.807, 2.05) is 16.5 Å². The van der Waals surface area contributed by atoms with Gasteiger partial charge in [-0.3, -0.25) is 14.3 Å². The predicted molar refractivity (Wildman–Crippen MR) is 102 cm³/mol. The first-order valence-electron chi connectivity index (χ1n) is 9.90. The molecule has 1 unspecified atom stereocenters. The van der Waals surface area contributed by atoms with Gasteiger partial charge >= 0.3 is 0 Å². The van der Waals surface area contributed by atoms with Crippen LogP contribution in [0.4, 0.5) is 0 Å². The molecule has 2 amide bonds. The molecule has 0 N–H and O–H groups in total. The van der Waals surface area contributed by atoms with Crippen LogP contribution in [0.3, 0.4) is 0 Å². The molecule has 9 nitrogen and oxygen atoms in total. The van der Waals surface area contributed by atoms with Gasteiger partial charge in [-0.1, -0.05) is 5.21 Å². The summed E-state index contributed by atoms with van der Waals surface area (Å²) in [4.78, 5) is 28.4. The number of rotatable bonds is 4. The van der Waals surface area contributed by atoms with Crippen molar-refractivity contribution in [2.24, 2.45) is 5.41 Å². The number of carbonyl (C=O) groups excluding carboxylic acids is 2. The van der Waals surface area contributed by atoms with Crippen molar-refractivity contribution in [2.75, 3.05) is 27.2 Å². The van der Waals surface area contributed by atoms with Crippen molar-refractivity contribution in [1.82, 2.24) is 34.6 Å². The zero-order valence-corrected chi connectivity index (χ0v) is 16.7. The standard InChI is InChI=1S/C19H27N7O2/c1-4-25-15(6-10-20-25)18(28)24-11-8-19(9-12-24)7-5-16(19)26-13-14(21-22-26)17(27)23(2)3/h6,10,13,16H,4-5,7-9,11-12H2,1-3H3. The molecule has 1 saturated heterocycles. The van der Waals surface area contributed by atoms with E-state index in [0.717, 1.165) is 38.8 Å². The van der Waals surface area contributed by atoms with Gasteiger partial charge in [-0.2, -0.15) is 5.10 Å². The third-order valence-corrected chi connectivity index (χ3v) is 6.36. The zero-order chi connectivity index (χ0) is 19.9. The first-order chi connectivity index (χ1) is 13.4. The highest BCUT2D eigenvalue weighted by Gasteiger charge is 2.50. The lowest BCUT2D eigenvalue weighted by atomic mass is 9.59. The molecule has 1 saturated carbocycles. The number of nitrogens with zero attached hydrogens (tertiary/aromatic N) is 7. The van der Waals surface area contributed by atoms with E-state index in [2.05, 4.69) is 15.4 Å². The largest absolute Gasteiger partial charge is 0.343 e. The molecular weight excluding hydrogens is 358 g/mol. The van der Waals surface area contributed by atoms with Gasteiger partial charge in [0.05, 0.1) is 12.2 Å². The summed E-state index contributed by atoms with van der Waals surface area (Å²) in [5.74, 6) is -0.0720. The van der Waals surface area contributed by atoms with E-state index in [1.54, 1.807) is 37.2 Å². The number of aryl methyl sites for hydroxylation is 1. The van der Waals surface area contributed by atoms with Crippen LogP contribution in [0.2, 0.25) is 0 Å². The van der Waals surface area contributed by atoms with Crippen LogP contribution in [0.5, 0.6) is 0 Å². The first kappa shape index (κ1) is 18.6. The molecule has 9 heteroatoms. The van der Waals surface area contributed by atoms with Crippen LogP contribution in [-0.4, -0.2) is 73.6 Å². The number of hydrogen-bond acceptors (Lipinski definition) is 5. The van der Waals surface area contributed by atoms with Gasteiger partial charge in [0.1, 0.15) is 5.69 Å². The monoisotopic (exact) mass is 385 g/mol. The van der Waals surface area contributed by atoms with E-state index >= 15 is 0 Å². The van der Waals surface area contributed by atoms with Crippen molar-refractivity contribution < 1.29 is 9.59 Å². The second kappa shape index (κ2) is 7.03. The zero-order valence-electron chi connectivity index (χ0n) is 16.7. The lowest BCUT2D eigenvalue weighted by molar-refractivity contribution is -0.0270. The minimum absolute atomic E-state index is 0.0599. The van der Waals surface area contributed by atoms with Gasteiger partial charge in [-0.15, -0.1) is 5.10 Å². The molecule has 150 valence electrons. The highest BCUT2D eigenvalue weighted by Crippen LogP contribution is 2.56. The summed E-state index contributed by atoms with van der Waals surface area (Å²) in [6.45, 7) is 4.15. The summed E-state index contributed by atoms with van der Waals surface area (Å²) >= 11 is 0. The summed E-state index contributed by atoms with van der Waals surface area (Å²) in [6, 6.07) is 2.04. The molecule has 4 rings (SSSR count). The summed E-state index contributed by atoms with van der Waals surface area (Å²) in [6.07, 6.45) is 7.51. The maximum Gasteiger partial charge on any atom is 0.275 e. The molecule has 2 aromatic rings. The Balaban J connectivity index is 1.43. The molecule has 3 heterocycles. The van der Waals surface area contributed by atoms with Crippen LogP contribution in [0.25, 0.3) is 0 Å². The molecule has 2 fully saturated rings. The average Bonchev–Trinajstić information content (AvgIpc) is 3.35. The Hall–Kier alpha value is -2.71. The maximum atomic E-state index is 12.8. The minimum Gasteiger partial charge on any atom is -0.343 e. The van der Waals surface area contributed by atoms with Crippen molar-refractivity contribution in [1.29, 1.82) is 0 Å². The van der Waals surface area contributed by atoms with Gasteiger partial charge in [0.2, 0.25) is 0 Å². The Morgan fingerprint density at radius 1 is 1.25 bits per heavy atom. The van der Waals surface area contributed by atoms with Crippen molar-refractivity contribution in [3.05, 3.63) is 29.8 Å². The maximum absolute atomic E-state index is 12.8. The van der Waals surface area contributed by atoms with Crippen LogP contribution < -0.4 is 0 Å². The normalized spacial score (nSPS) is 20.8. The topological polar surface area (TPSA) is 89.2 Å². The van der Waals surface area contributed by atoms with Gasteiger partial charge < -0.3 is 9.80 Å². The Morgan fingerprint density at radius 2 is 2.00 bits per heavy atom. The van der Waals surface area contributed by atoms with E-state index in [9.17, 15) is 9.59 Å². The molecule has 0 bridgehead atoms.